The number of rotatable bonds is 4. The lowest BCUT2D eigenvalue weighted by molar-refractivity contribution is -0.149. The summed E-state index contributed by atoms with van der Waals surface area (Å²) in [5, 5.41) is 0. The highest BCUT2D eigenvalue weighted by molar-refractivity contribution is 5.92. The van der Waals surface area contributed by atoms with Crippen LogP contribution in [0.3, 0.4) is 0 Å². The minimum absolute atomic E-state index is 0.00645. The molecule has 0 aliphatic carbocycles. The van der Waals surface area contributed by atoms with Crippen LogP contribution in [0.5, 0.6) is 0 Å². The third kappa shape index (κ3) is 3.46. The Labute approximate surface area is 178 Å². The second-order valence-corrected chi connectivity index (χ2v) is 9.54. The Morgan fingerprint density at radius 3 is 2.73 bits per heavy atom. The standard InChI is InChI=1S/C23H33N5O2/c1-2-6-19-16-11-17(20-7-5-8-22(29)28(19)20)15-27(14-16)21-13-24-12-18(25-21)23(30)26-9-3-4-10-26/h12-13,16-17,19-20H,2-11,14-15H2,1H3/t16-,17+,19-,20-/m0/s1. The molecule has 4 atom stereocenters. The van der Waals surface area contributed by atoms with Crippen LogP contribution >= 0.6 is 0 Å². The third-order valence-corrected chi connectivity index (χ3v) is 7.64. The topological polar surface area (TPSA) is 69.6 Å². The summed E-state index contributed by atoms with van der Waals surface area (Å²) in [6, 6.07) is 0.707. The molecule has 4 fully saturated rings. The van der Waals surface area contributed by atoms with Crippen molar-refractivity contribution in [1.29, 1.82) is 0 Å². The molecule has 0 aromatic carbocycles. The number of fused-ring (bicyclic) bond motifs is 4. The summed E-state index contributed by atoms with van der Waals surface area (Å²) in [4.78, 5) is 41.2. The minimum Gasteiger partial charge on any atom is -0.355 e. The van der Waals surface area contributed by atoms with Crippen molar-refractivity contribution in [2.75, 3.05) is 31.1 Å². The highest BCUT2D eigenvalue weighted by Gasteiger charge is 2.49. The molecule has 7 nitrogen and oxygen atoms in total. The molecular formula is C23H33N5O2. The number of piperidine rings is 3. The van der Waals surface area contributed by atoms with Crippen molar-refractivity contribution in [3.05, 3.63) is 18.1 Å². The lowest BCUT2D eigenvalue weighted by atomic mass is 9.71. The van der Waals surface area contributed by atoms with E-state index in [0.717, 1.165) is 70.5 Å². The minimum atomic E-state index is 0.00645. The SMILES string of the molecule is CCC[C@H]1[C@H]2C[C@H](CN(c3cncc(C(=O)N4CCCC4)n3)C2)[C@@H]2CCCC(=O)N21. The summed E-state index contributed by atoms with van der Waals surface area (Å²) < 4.78 is 0. The number of nitrogens with zero attached hydrogens (tertiary/aromatic N) is 5. The van der Waals surface area contributed by atoms with Gasteiger partial charge in [-0.2, -0.15) is 0 Å². The predicted molar refractivity (Wildman–Crippen MR) is 114 cm³/mol. The number of carbonyl (C=O) groups excluding carboxylic acids is 2. The van der Waals surface area contributed by atoms with Crippen molar-refractivity contribution < 1.29 is 9.59 Å². The first-order chi connectivity index (χ1) is 14.7. The van der Waals surface area contributed by atoms with Crippen LogP contribution in [0.2, 0.25) is 0 Å². The Balaban J connectivity index is 1.39. The highest BCUT2D eigenvalue weighted by atomic mass is 16.2. The van der Waals surface area contributed by atoms with Gasteiger partial charge in [0, 0.05) is 44.7 Å². The zero-order valence-corrected chi connectivity index (χ0v) is 18.0. The summed E-state index contributed by atoms with van der Waals surface area (Å²) in [6.07, 6.45) is 11.8. The van der Waals surface area contributed by atoms with Gasteiger partial charge in [-0.1, -0.05) is 13.3 Å². The molecule has 162 valence electrons. The van der Waals surface area contributed by atoms with Gasteiger partial charge in [0.2, 0.25) is 5.91 Å². The van der Waals surface area contributed by atoms with Crippen LogP contribution in [-0.4, -0.2) is 69.8 Å². The molecule has 5 heterocycles. The van der Waals surface area contributed by atoms with Gasteiger partial charge in [0.15, 0.2) is 0 Å². The van der Waals surface area contributed by atoms with Crippen molar-refractivity contribution in [2.45, 2.75) is 70.4 Å². The van der Waals surface area contributed by atoms with E-state index < -0.39 is 0 Å². The predicted octanol–water partition coefficient (Wildman–Crippen LogP) is 2.72. The highest BCUT2D eigenvalue weighted by Crippen LogP contribution is 2.43. The van der Waals surface area contributed by atoms with Crippen LogP contribution < -0.4 is 4.90 Å². The number of anilines is 1. The van der Waals surface area contributed by atoms with E-state index in [9.17, 15) is 9.59 Å². The normalized spacial score (nSPS) is 31.1. The van der Waals surface area contributed by atoms with Crippen molar-refractivity contribution in [1.82, 2.24) is 19.8 Å². The monoisotopic (exact) mass is 411 g/mol. The van der Waals surface area contributed by atoms with Gasteiger partial charge in [0.05, 0.1) is 12.4 Å². The Bertz CT molecular complexity index is 809. The van der Waals surface area contributed by atoms with Crippen LogP contribution in [0.4, 0.5) is 5.82 Å². The van der Waals surface area contributed by atoms with Crippen molar-refractivity contribution >= 4 is 17.6 Å². The van der Waals surface area contributed by atoms with Crippen LogP contribution in [-0.2, 0) is 4.79 Å². The first-order valence-corrected chi connectivity index (χ1v) is 11.8. The van der Waals surface area contributed by atoms with Crippen LogP contribution in [0.25, 0.3) is 0 Å². The molecule has 0 unspecified atom stereocenters. The van der Waals surface area contributed by atoms with Crippen molar-refractivity contribution in [3.63, 3.8) is 0 Å². The van der Waals surface area contributed by atoms with E-state index in [-0.39, 0.29) is 5.91 Å². The summed E-state index contributed by atoms with van der Waals surface area (Å²) in [5.41, 5.74) is 0.463. The molecule has 4 saturated heterocycles. The first kappa shape index (κ1) is 19.8. The van der Waals surface area contributed by atoms with Gasteiger partial charge < -0.3 is 14.7 Å². The quantitative estimate of drug-likeness (QED) is 0.762. The second-order valence-electron chi connectivity index (χ2n) is 9.54. The van der Waals surface area contributed by atoms with E-state index >= 15 is 0 Å². The van der Waals surface area contributed by atoms with Crippen LogP contribution in [0, 0.1) is 11.8 Å². The molecule has 5 rings (SSSR count). The van der Waals surface area contributed by atoms with Crippen LogP contribution in [0.1, 0.15) is 68.8 Å². The zero-order chi connectivity index (χ0) is 20.7. The molecule has 2 amide bonds. The molecule has 0 N–H and O–H groups in total. The third-order valence-electron chi connectivity index (χ3n) is 7.64. The largest absolute Gasteiger partial charge is 0.355 e. The van der Waals surface area contributed by atoms with Gasteiger partial charge >= 0.3 is 0 Å². The van der Waals surface area contributed by atoms with Gasteiger partial charge in [-0.05, 0) is 50.4 Å². The Hall–Kier alpha value is -2.18. The molecule has 7 heteroatoms. The summed E-state index contributed by atoms with van der Waals surface area (Å²) in [6.45, 7) is 5.66. The molecule has 30 heavy (non-hydrogen) atoms. The smallest absolute Gasteiger partial charge is 0.274 e. The number of amides is 2. The molecule has 2 bridgehead atoms. The number of hydrogen-bond donors (Lipinski definition) is 0. The van der Waals surface area contributed by atoms with Gasteiger partial charge in [-0.15, -0.1) is 0 Å². The average molecular weight is 412 g/mol. The lowest BCUT2D eigenvalue weighted by Crippen LogP contribution is -2.65. The molecule has 0 spiro atoms. The van der Waals surface area contributed by atoms with Crippen molar-refractivity contribution in [2.24, 2.45) is 11.8 Å². The molecular weight excluding hydrogens is 378 g/mol. The number of aromatic nitrogens is 2. The first-order valence-electron chi connectivity index (χ1n) is 11.8. The fourth-order valence-electron chi connectivity index (χ4n) is 6.32. The summed E-state index contributed by atoms with van der Waals surface area (Å²) >= 11 is 0. The Morgan fingerprint density at radius 1 is 1.13 bits per heavy atom. The Morgan fingerprint density at radius 2 is 1.93 bits per heavy atom. The van der Waals surface area contributed by atoms with E-state index in [1.807, 2.05) is 4.90 Å². The molecule has 4 aliphatic heterocycles. The molecule has 0 saturated carbocycles. The van der Waals surface area contributed by atoms with E-state index in [2.05, 4.69) is 21.7 Å². The van der Waals surface area contributed by atoms with Gasteiger partial charge in [-0.25, -0.2) is 4.98 Å². The maximum atomic E-state index is 12.8. The maximum absolute atomic E-state index is 12.8. The number of likely N-dealkylation sites (tertiary alicyclic amines) is 1. The maximum Gasteiger partial charge on any atom is 0.274 e. The fourth-order valence-corrected chi connectivity index (χ4v) is 6.32. The summed E-state index contributed by atoms with van der Waals surface area (Å²) in [5.74, 6) is 2.15. The lowest BCUT2D eigenvalue weighted by Gasteiger charge is -2.57. The molecule has 1 aromatic heterocycles. The van der Waals surface area contributed by atoms with E-state index in [1.54, 1.807) is 12.4 Å². The zero-order valence-electron chi connectivity index (χ0n) is 18.0. The van der Waals surface area contributed by atoms with E-state index in [0.29, 0.717) is 41.9 Å². The molecule has 0 radical (unpaired) electrons. The molecule has 4 aliphatic rings. The Kier molecular flexibility index (Phi) is 5.37. The van der Waals surface area contributed by atoms with Gasteiger partial charge in [0.1, 0.15) is 11.5 Å². The van der Waals surface area contributed by atoms with Gasteiger partial charge in [0.25, 0.3) is 5.91 Å². The average Bonchev–Trinajstić information content (AvgIpc) is 3.31. The number of hydrogen-bond acceptors (Lipinski definition) is 5. The summed E-state index contributed by atoms with van der Waals surface area (Å²) in [7, 11) is 0. The fraction of sp³-hybridized carbons (Fsp3) is 0.739. The van der Waals surface area contributed by atoms with E-state index in [1.165, 1.54) is 6.42 Å². The van der Waals surface area contributed by atoms with E-state index in [4.69, 9.17) is 4.98 Å². The van der Waals surface area contributed by atoms with Crippen LogP contribution in [0.15, 0.2) is 12.4 Å². The van der Waals surface area contributed by atoms with Gasteiger partial charge in [-0.3, -0.25) is 14.6 Å². The van der Waals surface area contributed by atoms with Crippen molar-refractivity contribution in [3.8, 4) is 0 Å². The number of carbonyl (C=O) groups is 2. The second kappa shape index (κ2) is 8.16. The molecule has 1 aromatic rings.